The van der Waals surface area contributed by atoms with Crippen molar-refractivity contribution in [3.05, 3.63) is 18.1 Å². The van der Waals surface area contributed by atoms with Gasteiger partial charge in [0, 0.05) is 6.54 Å². The van der Waals surface area contributed by atoms with Crippen molar-refractivity contribution in [1.82, 2.24) is 15.3 Å². The molecule has 102 valence electrons. The van der Waals surface area contributed by atoms with Gasteiger partial charge in [-0.1, -0.05) is 27.7 Å². The average Bonchev–Trinajstić information content (AvgIpc) is 2.30. The molecule has 18 heavy (non-hydrogen) atoms. The van der Waals surface area contributed by atoms with Crippen LogP contribution in [0.25, 0.3) is 0 Å². The summed E-state index contributed by atoms with van der Waals surface area (Å²) in [4.78, 5) is 8.57. The molecule has 0 aliphatic carbocycles. The lowest BCUT2D eigenvalue weighted by molar-refractivity contribution is 0.235. The van der Waals surface area contributed by atoms with Crippen LogP contribution in [0.15, 0.2) is 12.4 Å². The maximum atomic E-state index is 5.57. The van der Waals surface area contributed by atoms with Crippen molar-refractivity contribution < 1.29 is 4.74 Å². The summed E-state index contributed by atoms with van der Waals surface area (Å²) in [5, 5.41) is 3.29. The van der Waals surface area contributed by atoms with Crippen molar-refractivity contribution >= 4 is 0 Å². The van der Waals surface area contributed by atoms with Crippen LogP contribution in [0, 0.1) is 5.41 Å². The predicted octanol–water partition coefficient (Wildman–Crippen LogP) is 2.79. The van der Waals surface area contributed by atoms with E-state index >= 15 is 0 Å². The molecule has 4 heteroatoms. The van der Waals surface area contributed by atoms with Gasteiger partial charge in [-0.25, -0.2) is 4.98 Å². The Balaban J connectivity index is 2.31. The topological polar surface area (TPSA) is 47.0 Å². The van der Waals surface area contributed by atoms with E-state index in [1.165, 1.54) is 0 Å². The number of nitrogens with zero attached hydrogens (tertiary/aromatic N) is 2. The predicted molar refractivity (Wildman–Crippen MR) is 73.6 cm³/mol. The minimum absolute atomic E-state index is 0.289. The first kappa shape index (κ1) is 14.9. The summed E-state index contributed by atoms with van der Waals surface area (Å²) in [6, 6.07) is 0. The highest BCUT2D eigenvalue weighted by Gasteiger charge is 2.10. The monoisotopic (exact) mass is 251 g/mol. The minimum Gasteiger partial charge on any atom is -0.477 e. The molecule has 1 N–H and O–H groups in total. The van der Waals surface area contributed by atoms with Crippen LogP contribution in [0.1, 0.15) is 46.2 Å². The third-order valence-corrected chi connectivity index (χ3v) is 2.52. The molecule has 1 heterocycles. The fourth-order valence-corrected chi connectivity index (χ4v) is 1.36. The lowest BCUT2D eigenvalue weighted by Gasteiger charge is -2.17. The van der Waals surface area contributed by atoms with Crippen LogP contribution in [0.5, 0.6) is 5.88 Å². The van der Waals surface area contributed by atoms with Gasteiger partial charge in [-0.15, -0.1) is 0 Å². The highest BCUT2D eigenvalue weighted by molar-refractivity contribution is 5.07. The molecule has 0 aliphatic rings. The molecule has 0 aromatic carbocycles. The molecule has 0 saturated carbocycles. The van der Waals surface area contributed by atoms with Crippen molar-refractivity contribution in [3.8, 4) is 5.88 Å². The van der Waals surface area contributed by atoms with Crippen LogP contribution in [-0.2, 0) is 6.54 Å². The Hall–Kier alpha value is -1.16. The Morgan fingerprint density at radius 2 is 2.00 bits per heavy atom. The second-order valence-electron chi connectivity index (χ2n) is 5.68. The van der Waals surface area contributed by atoms with E-state index in [0.29, 0.717) is 12.5 Å². The molecule has 0 spiro atoms. The summed E-state index contributed by atoms with van der Waals surface area (Å²) in [6.45, 7) is 11.2. The Bertz CT molecular complexity index is 330. The fraction of sp³-hybridized carbons (Fsp3) is 0.714. The minimum atomic E-state index is 0.289. The summed E-state index contributed by atoms with van der Waals surface area (Å²) in [6.07, 6.45) is 5.61. The van der Waals surface area contributed by atoms with Crippen molar-refractivity contribution in [2.24, 2.45) is 5.41 Å². The lowest BCUT2D eigenvalue weighted by atomic mass is 9.93. The normalized spacial score (nSPS) is 11.6. The van der Waals surface area contributed by atoms with E-state index in [0.717, 1.165) is 31.6 Å². The van der Waals surface area contributed by atoms with Gasteiger partial charge >= 0.3 is 0 Å². The van der Waals surface area contributed by atoms with E-state index in [4.69, 9.17) is 4.74 Å². The van der Waals surface area contributed by atoms with Gasteiger partial charge in [0.25, 0.3) is 0 Å². The van der Waals surface area contributed by atoms with E-state index in [1.54, 1.807) is 12.4 Å². The molecule has 0 fully saturated rings. The molecular formula is C14H25N3O. The van der Waals surface area contributed by atoms with E-state index < -0.39 is 0 Å². The van der Waals surface area contributed by atoms with Crippen molar-refractivity contribution in [3.63, 3.8) is 0 Å². The maximum Gasteiger partial charge on any atom is 0.232 e. The number of nitrogens with one attached hydrogen (secondary N) is 1. The van der Waals surface area contributed by atoms with Gasteiger partial charge in [-0.05, 0) is 24.8 Å². The van der Waals surface area contributed by atoms with Gasteiger partial charge in [-0.2, -0.15) is 0 Å². The molecule has 1 aromatic rings. The quantitative estimate of drug-likeness (QED) is 0.757. The highest BCUT2D eigenvalue weighted by Crippen LogP contribution is 2.18. The molecule has 0 bridgehead atoms. The molecule has 0 amide bonds. The van der Waals surface area contributed by atoms with Crippen molar-refractivity contribution in [1.29, 1.82) is 0 Å². The largest absolute Gasteiger partial charge is 0.477 e. The van der Waals surface area contributed by atoms with Crippen LogP contribution in [0.4, 0.5) is 0 Å². The second kappa shape index (κ2) is 7.31. The van der Waals surface area contributed by atoms with Crippen LogP contribution in [0.2, 0.25) is 0 Å². The Labute approximate surface area is 110 Å². The van der Waals surface area contributed by atoms with Crippen molar-refractivity contribution in [2.75, 3.05) is 13.2 Å². The smallest absolute Gasteiger partial charge is 0.232 e. The molecule has 4 nitrogen and oxygen atoms in total. The van der Waals surface area contributed by atoms with Crippen LogP contribution < -0.4 is 10.1 Å². The lowest BCUT2D eigenvalue weighted by Crippen LogP contribution is -2.15. The van der Waals surface area contributed by atoms with Gasteiger partial charge in [0.15, 0.2) is 0 Å². The number of aromatic nitrogens is 2. The van der Waals surface area contributed by atoms with Gasteiger partial charge in [0.1, 0.15) is 0 Å². The van der Waals surface area contributed by atoms with Gasteiger partial charge < -0.3 is 10.1 Å². The van der Waals surface area contributed by atoms with E-state index in [-0.39, 0.29) is 5.41 Å². The summed E-state index contributed by atoms with van der Waals surface area (Å²) in [7, 11) is 0. The molecule has 0 aliphatic heterocycles. The number of hydrogen-bond acceptors (Lipinski definition) is 4. The molecule has 0 saturated heterocycles. The molecule has 0 atom stereocenters. The number of ether oxygens (including phenoxy) is 1. The van der Waals surface area contributed by atoms with Gasteiger partial charge in [-0.3, -0.25) is 4.98 Å². The first-order valence-electron chi connectivity index (χ1n) is 6.66. The van der Waals surface area contributed by atoms with Crippen LogP contribution in [0.3, 0.4) is 0 Å². The number of hydrogen-bond donors (Lipinski definition) is 1. The summed E-state index contributed by atoms with van der Waals surface area (Å²) in [5.74, 6) is 0.610. The standard InChI is InChI=1S/C14H25N3O/c1-5-7-15-9-12-10-17-13(11-16-12)18-8-6-14(2,3)4/h10-11,15H,5-9H2,1-4H3. The first-order chi connectivity index (χ1) is 8.51. The molecule has 0 unspecified atom stereocenters. The van der Waals surface area contributed by atoms with Crippen LogP contribution >= 0.6 is 0 Å². The zero-order valence-corrected chi connectivity index (χ0v) is 12.0. The summed E-state index contributed by atoms with van der Waals surface area (Å²) < 4.78 is 5.57. The maximum absolute atomic E-state index is 5.57. The third kappa shape index (κ3) is 6.55. The molecule has 0 radical (unpaired) electrons. The van der Waals surface area contributed by atoms with Gasteiger partial charge in [0.2, 0.25) is 5.88 Å². The summed E-state index contributed by atoms with van der Waals surface area (Å²) in [5.41, 5.74) is 1.24. The zero-order valence-electron chi connectivity index (χ0n) is 12.0. The molecular weight excluding hydrogens is 226 g/mol. The average molecular weight is 251 g/mol. The van der Waals surface area contributed by atoms with E-state index in [1.807, 2.05) is 0 Å². The zero-order chi connectivity index (χ0) is 13.4. The Morgan fingerprint density at radius 1 is 1.22 bits per heavy atom. The summed E-state index contributed by atoms with van der Waals surface area (Å²) >= 11 is 0. The molecule has 1 aromatic heterocycles. The van der Waals surface area contributed by atoms with E-state index in [2.05, 4.69) is 43.0 Å². The number of rotatable bonds is 7. The third-order valence-electron chi connectivity index (χ3n) is 2.52. The van der Waals surface area contributed by atoms with Crippen molar-refractivity contribution in [2.45, 2.75) is 47.1 Å². The van der Waals surface area contributed by atoms with E-state index in [9.17, 15) is 0 Å². The Morgan fingerprint density at radius 3 is 2.56 bits per heavy atom. The second-order valence-corrected chi connectivity index (χ2v) is 5.68. The first-order valence-corrected chi connectivity index (χ1v) is 6.66. The SMILES string of the molecule is CCCNCc1cnc(OCCC(C)(C)C)cn1. The highest BCUT2D eigenvalue weighted by atomic mass is 16.5. The van der Waals surface area contributed by atoms with Gasteiger partial charge in [0.05, 0.1) is 24.7 Å². The van der Waals surface area contributed by atoms with Crippen LogP contribution in [-0.4, -0.2) is 23.1 Å². The fourth-order valence-electron chi connectivity index (χ4n) is 1.36. The molecule has 1 rings (SSSR count). The Kier molecular flexibility index (Phi) is 6.05.